The highest BCUT2D eigenvalue weighted by Gasteiger charge is 2.28. The van der Waals surface area contributed by atoms with Crippen LogP contribution < -0.4 is 11.4 Å². The number of nitrogens with zero attached hydrogens (tertiary/aromatic N) is 2. The minimum atomic E-state index is -0.940. The zero-order valence-electron chi connectivity index (χ0n) is 8.28. The summed E-state index contributed by atoms with van der Waals surface area (Å²) in [6.07, 6.45) is 1.03. The molecule has 2 heterocycles. The fraction of sp³-hybridized carbons (Fsp3) is 0.333. The predicted octanol–water partition coefficient (Wildman–Crippen LogP) is -1.62. The number of aliphatic hydroxyl groups excluding tert-OH is 2. The van der Waals surface area contributed by atoms with Gasteiger partial charge in [0, 0.05) is 12.3 Å². The zero-order valence-corrected chi connectivity index (χ0v) is 8.28. The number of nitrogens with two attached hydrogens (primary N) is 1. The summed E-state index contributed by atoms with van der Waals surface area (Å²) < 4.78 is 6.28. The first-order valence-electron chi connectivity index (χ1n) is 4.65. The van der Waals surface area contributed by atoms with Gasteiger partial charge >= 0.3 is 5.69 Å². The van der Waals surface area contributed by atoms with Gasteiger partial charge in [-0.3, -0.25) is 0 Å². The molecule has 0 fully saturated rings. The average molecular weight is 225 g/mol. The molecule has 2 unspecified atom stereocenters. The fourth-order valence-electron chi connectivity index (χ4n) is 1.38. The van der Waals surface area contributed by atoms with Crippen molar-refractivity contribution >= 4 is 11.7 Å². The molecule has 1 aromatic heterocycles. The van der Waals surface area contributed by atoms with Gasteiger partial charge in [0.05, 0.1) is 6.61 Å². The van der Waals surface area contributed by atoms with Gasteiger partial charge in [0.15, 0.2) is 6.10 Å². The molecule has 1 aliphatic heterocycles. The SMILES string of the molecule is Nc1ccn(C2=CC(O)C(CO)O2)c(=O)n1. The lowest BCUT2D eigenvalue weighted by Crippen LogP contribution is -2.27. The maximum absolute atomic E-state index is 11.4. The number of hydrogen-bond acceptors (Lipinski definition) is 6. The van der Waals surface area contributed by atoms with E-state index in [-0.39, 0.29) is 18.3 Å². The van der Waals surface area contributed by atoms with Gasteiger partial charge in [-0.05, 0) is 6.07 Å². The Balaban J connectivity index is 2.33. The van der Waals surface area contributed by atoms with Crippen LogP contribution in [0.15, 0.2) is 23.1 Å². The summed E-state index contributed by atoms with van der Waals surface area (Å²) in [5.74, 6) is 0.253. The Hall–Kier alpha value is -1.86. The van der Waals surface area contributed by atoms with Gasteiger partial charge in [-0.2, -0.15) is 4.98 Å². The van der Waals surface area contributed by atoms with Crippen molar-refractivity contribution in [2.24, 2.45) is 0 Å². The third-order valence-corrected chi connectivity index (χ3v) is 2.21. The van der Waals surface area contributed by atoms with Crippen molar-refractivity contribution in [3.8, 4) is 0 Å². The van der Waals surface area contributed by atoms with Crippen molar-refractivity contribution in [2.45, 2.75) is 12.2 Å². The molecule has 0 bridgehead atoms. The van der Waals surface area contributed by atoms with Crippen molar-refractivity contribution in [3.05, 3.63) is 28.8 Å². The second-order valence-corrected chi connectivity index (χ2v) is 3.34. The zero-order chi connectivity index (χ0) is 11.7. The van der Waals surface area contributed by atoms with Crippen molar-refractivity contribution in [1.82, 2.24) is 9.55 Å². The molecule has 0 radical (unpaired) electrons. The van der Waals surface area contributed by atoms with Crippen LogP contribution >= 0.6 is 0 Å². The minimum Gasteiger partial charge on any atom is -0.470 e. The van der Waals surface area contributed by atoms with Gasteiger partial charge in [-0.15, -0.1) is 0 Å². The van der Waals surface area contributed by atoms with Crippen LogP contribution in [0.2, 0.25) is 0 Å². The average Bonchev–Trinajstić information content (AvgIpc) is 2.59. The van der Waals surface area contributed by atoms with E-state index in [1.54, 1.807) is 0 Å². The molecule has 0 saturated carbocycles. The Morgan fingerprint density at radius 1 is 1.62 bits per heavy atom. The van der Waals surface area contributed by atoms with Crippen LogP contribution in [-0.4, -0.2) is 38.6 Å². The molecule has 4 N–H and O–H groups in total. The molecule has 0 spiro atoms. The maximum atomic E-state index is 11.4. The Morgan fingerprint density at radius 2 is 2.38 bits per heavy atom. The van der Waals surface area contributed by atoms with Gasteiger partial charge in [0.1, 0.15) is 11.9 Å². The highest BCUT2D eigenvalue weighted by molar-refractivity contribution is 5.42. The van der Waals surface area contributed by atoms with Crippen LogP contribution in [0.25, 0.3) is 5.88 Å². The topological polar surface area (TPSA) is 111 Å². The Kier molecular flexibility index (Phi) is 2.63. The first-order valence-corrected chi connectivity index (χ1v) is 4.65. The highest BCUT2D eigenvalue weighted by atomic mass is 16.5. The molecule has 1 aromatic rings. The van der Waals surface area contributed by atoms with Gasteiger partial charge in [-0.25, -0.2) is 9.36 Å². The first kappa shape index (κ1) is 10.7. The largest absolute Gasteiger partial charge is 0.470 e. The van der Waals surface area contributed by atoms with E-state index in [1.165, 1.54) is 18.3 Å². The number of rotatable bonds is 2. The Labute approximate surface area is 90.4 Å². The van der Waals surface area contributed by atoms with Crippen LogP contribution in [0.4, 0.5) is 5.82 Å². The van der Waals surface area contributed by atoms with Crippen molar-refractivity contribution in [2.75, 3.05) is 12.3 Å². The standard InChI is InChI=1S/C9H11N3O4/c10-7-1-2-12(9(15)11-7)8-3-5(14)6(4-13)16-8/h1-3,5-6,13-14H,4H2,(H2,10,11,15). The van der Waals surface area contributed by atoms with E-state index in [0.717, 1.165) is 4.57 Å². The Bertz CT molecular complexity index is 482. The lowest BCUT2D eigenvalue weighted by atomic mass is 10.2. The maximum Gasteiger partial charge on any atom is 0.356 e. The molecule has 2 atom stereocenters. The molecule has 1 aliphatic rings. The van der Waals surface area contributed by atoms with Crippen LogP contribution in [-0.2, 0) is 4.74 Å². The van der Waals surface area contributed by atoms with Crippen LogP contribution in [0, 0.1) is 0 Å². The molecule has 2 rings (SSSR count). The monoisotopic (exact) mass is 225 g/mol. The van der Waals surface area contributed by atoms with E-state index in [9.17, 15) is 9.90 Å². The van der Waals surface area contributed by atoms with Gasteiger partial charge in [0.25, 0.3) is 0 Å². The number of anilines is 1. The van der Waals surface area contributed by atoms with E-state index in [2.05, 4.69) is 4.98 Å². The van der Waals surface area contributed by atoms with Gasteiger partial charge in [0.2, 0.25) is 5.88 Å². The highest BCUT2D eigenvalue weighted by Crippen LogP contribution is 2.19. The molecule has 16 heavy (non-hydrogen) atoms. The van der Waals surface area contributed by atoms with Crippen LogP contribution in [0.1, 0.15) is 0 Å². The lowest BCUT2D eigenvalue weighted by Gasteiger charge is -2.12. The molecule has 0 amide bonds. The van der Waals surface area contributed by atoms with E-state index in [4.69, 9.17) is 15.6 Å². The van der Waals surface area contributed by atoms with E-state index < -0.39 is 17.9 Å². The number of aliphatic hydroxyl groups is 2. The van der Waals surface area contributed by atoms with Crippen molar-refractivity contribution in [3.63, 3.8) is 0 Å². The third kappa shape index (κ3) is 1.77. The molecule has 0 aliphatic carbocycles. The molecule has 0 aromatic carbocycles. The van der Waals surface area contributed by atoms with E-state index in [0.29, 0.717) is 0 Å². The summed E-state index contributed by atoms with van der Waals surface area (Å²) in [6.45, 7) is -0.335. The molecular weight excluding hydrogens is 214 g/mol. The quantitative estimate of drug-likeness (QED) is 0.557. The molecule has 7 nitrogen and oxygen atoms in total. The normalized spacial score (nSPS) is 24.0. The second kappa shape index (κ2) is 3.95. The molecule has 0 saturated heterocycles. The number of aromatic nitrogens is 2. The van der Waals surface area contributed by atoms with E-state index >= 15 is 0 Å². The number of hydrogen-bond donors (Lipinski definition) is 3. The molecular formula is C9H11N3O4. The summed E-state index contributed by atoms with van der Waals surface area (Å²) in [4.78, 5) is 14.9. The van der Waals surface area contributed by atoms with E-state index in [1.807, 2.05) is 0 Å². The van der Waals surface area contributed by atoms with Crippen LogP contribution in [0.3, 0.4) is 0 Å². The summed E-state index contributed by atoms with van der Waals surface area (Å²) in [7, 11) is 0. The summed E-state index contributed by atoms with van der Waals surface area (Å²) in [5, 5.41) is 18.3. The Morgan fingerprint density at radius 3 is 2.94 bits per heavy atom. The minimum absolute atomic E-state index is 0.110. The molecule has 7 heteroatoms. The predicted molar refractivity (Wildman–Crippen MR) is 55.1 cm³/mol. The van der Waals surface area contributed by atoms with Crippen LogP contribution in [0.5, 0.6) is 0 Å². The third-order valence-electron chi connectivity index (χ3n) is 2.21. The number of nitrogen functional groups attached to an aromatic ring is 1. The first-order chi connectivity index (χ1) is 7.61. The fourth-order valence-corrected chi connectivity index (χ4v) is 1.38. The summed E-state index contributed by atoms with van der Waals surface area (Å²) >= 11 is 0. The number of ether oxygens (including phenoxy) is 1. The van der Waals surface area contributed by atoms with Crippen molar-refractivity contribution < 1.29 is 14.9 Å². The van der Waals surface area contributed by atoms with Gasteiger partial charge < -0.3 is 20.7 Å². The second-order valence-electron chi connectivity index (χ2n) is 3.34. The van der Waals surface area contributed by atoms with Crippen molar-refractivity contribution in [1.29, 1.82) is 0 Å². The summed E-state index contributed by atoms with van der Waals surface area (Å²) in [6, 6.07) is 1.43. The lowest BCUT2D eigenvalue weighted by molar-refractivity contribution is 0.0254. The van der Waals surface area contributed by atoms with Gasteiger partial charge in [-0.1, -0.05) is 0 Å². The summed E-state index contributed by atoms with van der Waals surface area (Å²) in [5.41, 5.74) is 4.73. The molecule has 86 valence electrons. The smallest absolute Gasteiger partial charge is 0.356 e.